The van der Waals surface area contributed by atoms with Gasteiger partial charge in [-0.3, -0.25) is 0 Å². The lowest BCUT2D eigenvalue weighted by atomic mass is 10.2. The molecule has 0 heterocycles. The summed E-state index contributed by atoms with van der Waals surface area (Å²) in [5, 5.41) is 3.10. The van der Waals surface area contributed by atoms with E-state index in [1.807, 2.05) is 13.8 Å². The van der Waals surface area contributed by atoms with Crippen LogP contribution in [0.1, 0.15) is 19.4 Å². The van der Waals surface area contributed by atoms with Crippen LogP contribution >= 0.6 is 0 Å². The summed E-state index contributed by atoms with van der Waals surface area (Å²) in [5.74, 6) is -0.623. The van der Waals surface area contributed by atoms with Crippen molar-refractivity contribution in [2.45, 2.75) is 26.5 Å². The molecule has 21 heavy (non-hydrogen) atoms. The minimum absolute atomic E-state index is 0.131. The lowest BCUT2D eigenvalue weighted by Crippen LogP contribution is -2.09. The van der Waals surface area contributed by atoms with Crippen molar-refractivity contribution in [1.82, 2.24) is 0 Å². The van der Waals surface area contributed by atoms with Crippen molar-refractivity contribution >= 4 is 11.4 Å². The van der Waals surface area contributed by atoms with Gasteiger partial charge in [-0.1, -0.05) is 12.1 Å². The highest BCUT2D eigenvalue weighted by atomic mass is 19.1. The number of nitrogen functional groups attached to an aromatic ring is 1. The lowest BCUT2D eigenvalue weighted by molar-refractivity contribution is 0.231. The Morgan fingerprint density at radius 3 is 2.43 bits per heavy atom. The summed E-state index contributed by atoms with van der Waals surface area (Å²) in [6, 6.07) is 8.89. The molecule has 2 aromatic carbocycles. The van der Waals surface area contributed by atoms with Gasteiger partial charge in [0.05, 0.1) is 17.5 Å². The first-order valence-electron chi connectivity index (χ1n) is 6.69. The van der Waals surface area contributed by atoms with Crippen molar-refractivity contribution in [3.05, 3.63) is 53.6 Å². The van der Waals surface area contributed by atoms with Crippen LogP contribution in [0.3, 0.4) is 0 Å². The van der Waals surface area contributed by atoms with Crippen molar-refractivity contribution in [3.8, 4) is 5.75 Å². The van der Waals surface area contributed by atoms with Crippen molar-refractivity contribution in [2.75, 3.05) is 11.1 Å². The van der Waals surface area contributed by atoms with E-state index in [0.717, 1.165) is 5.56 Å². The van der Waals surface area contributed by atoms with E-state index in [1.54, 1.807) is 12.1 Å². The number of nitrogens with two attached hydrogens (primary N) is 1. The highest BCUT2D eigenvalue weighted by Crippen LogP contribution is 2.29. The Morgan fingerprint density at radius 2 is 1.81 bits per heavy atom. The second-order valence-electron chi connectivity index (χ2n) is 5.02. The van der Waals surface area contributed by atoms with Gasteiger partial charge in [-0.15, -0.1) is 0 Å². The predicted molar refractivity (Wildman–Crippen MR) is 80.3 cm³/mol. The minimum atomic E-state index is -0.492. The Labute approximate surface area is 122 Å². The largest absolute Gasteiger partial charge is 0.488 e. The Morgan fingerprint density at radius 1 is 1.14 bits per heavy atom. The second kappa shape index (κ2) is 6.43. The highest BCUT2D eigenvalue weighted by molar-refractivity contribution is 5.68. The zero-order chi connectivity index (χ0) is 15.4. The Hall–Kier alpha value is -2.30. The third-order valence-electron chi connectivity index (χ3n) is 2.86. The van der Waals surface area contributed by atoms with Gasteiger partial charge in [0.2, 0.25) is 0 Å². The molecule has 3 nitrogen and oxygen atoms in total. The van der Waals surface area contributed by atoms with Crippen molar-refractivity contribution in [3.63, 3.8) is 0 Å². The standard InChI is InChI=1S/C16H18F2N2O/c1-10(2)21-16-8-15(14(19)7-13(16)18)20-9-11-3-5-12(17)6-4-11/h3-8,10,20H,9,19H2,1-2H3. The molecule has 0 radical (unpaired) electrons. The number of hydrogen-bond donors (Lipinski definition) is 2. The average Bonchev–Trinajstić information content (AvgIpc) is 2.42. The molecule has 0 atom stereocenters. The first-order chi connectivity index (χ1) is 9.95. The van der Waals surface area contributed by atoms with Crippen LogP contribution in [0, 0.1) is 11.6 Å². The maximum absolute atomic E-state index is 13.7. The number of benzene rings is 2. The van der Waals surface area contributed by atoms with E-state index >= 15 is 0 Å². The summed E-state index contributed by atoms with van der Waals surface area (Å²) >= 11 is 0. The van der Waals surface area contributed by atoms with E-state index in [4.69, 9.17) is 10.5 Å². The first kappa shape index (κ1) is 15.1. The SMILES string of the molecule is CC(C)Oc1cc(NCc2ccc(F)cc2)c(N)cc1F. The smallest absolute Gasteiger partial charge is 0.167 e. The normalized spacial score (nSPS) is 10.7. The lowest BCUT2D eigenvalue weighted by Gasteiger charge is -2.15. The molecule has 0 fully saturated rings. The van der Waals surface area contributed by atoms with Gasteiger partial charge in [-0.05, 0) is 31.5 Å². The van der Waals surface area contributed by atoms with Crippen LogP contribution in [0.4, 0.5) is 20.2 Å². The number of halogens is 2. The van der Waals surface area contributed by atoms with Crippen molar-refractivity contribution in [2.24, 2.45) is 0 Å². The third kappa shape index (κ3) is 4.08. The van der Waals surface area contributed by atoms with Gasteiger partial charge in [-0.25, -0.2) is 8.78 Å². The van der Waals surface area contributed by atoms with E-state index in [-0.39, 0.29) is 17.7 Å². The molecular formula is C16H18F2N2O. The molecule has 0 unspecified atom stereocenters. The van der Waals surface area contributed by atoms with Crippen LogP contribution in [0.25, 0.3) is 0 Å². The fourth-order valence-electron chi connectivity index (χ4n) is 1.87. The number of nitrogens with one attached hydrogen (secondary N) is 1. The van der Waals surface area contributed by atoms with Crippen molar-refractivity contribution in [1.29, 1.82) is 0 Å². The maximum atomic E-state index is 13.7. The molecule has 0 saturated heterocycles. The second-order valence-corrected chi connectivity index (χ2v) is 5.02. The molecule has 0 aliphatic carbocycles. The minimum Gasteiger partial charge on any atom is -0.488 e. The number of ether oxygens (including phenoxy) is 1. The predicted octanol–water partition coefficient (Wildman–Crippen LogP) is 3.95. The summed E-state index contributed by atoms with van der Waals surface area (Å²) in [4.78, 5) is 0. The van der Waals surface area contributed by atoms with Gasteiger partial charge >= 0.3 is 0 Å². The molecule has 112 valence electrons. The van der Waals surface area contributed by atoms with Crippen LogP contribution in [0.5, 0.6) is 5.75 Å². The molecule has 0 amide bonds. The zero-order valence-corrected chi connectivity index (χ0v) is 12.0. The Balaban J connectivity index is 2.13. The summed E-state index contributed by atoms with van der Waals surface area (Å²) in [5.41, 5.74) is 7.56. The molecule has 0 aliphatic rings. The van der Waals surface area contributed by atoms with Crippen LogP contribution in [0.15, 0.2) is 36.4 Å². The van der Waals surface area contributed by atoms with Crippen LogP contribution in [-0.4, -0.2) is 6.10 Å². The van der Waals surface area contributed by atoms with E-state index in [2.05, 4.69) is 5.32 Å². The molecule has 3 N–H and O–H groups in total. The summed E-state index contributed by atoms with van der Waals surface area (Å²) in [6.45, 7) is 4.10. The van der Waals surface area contributed by atoms with E-state index < -0.39 is 5.82 Å². The maximum Gasteiger partial charge on any atom is 0.167 e. The Bertz CT molecular complexity index is 612. The molecule has 2 rings (SSSR count). The van der Waals surface area contributed by atoms with Crippen LogP contribution in [-0.2, 0) is 6.54 Å². The molecule has 0 spiro atoms. The van der Waals surface area contributed by atoms with Crippen LogP contribution in [0.2, 0.25) is 0 Å². The molecule has 2 aromatic rings. The van der Waals surface area contributed by atoms with Gasteiger partial charge in [0, 0.05) is 18.7 Å². The number of hydrogen-bond acceptors (Lipinski definition) is 3. The molecule has 0 saturated carbocycles. The fraction of sp³-hybridized carbons (Fsp3) is 0.250. The topological polar surface area (TPSA) is 47.3 Å². The summed E-state index contributed by atoms with van der Waals surface area (Å²) < 4.78 is 31.9. The summed E-state index contributed by atoms with van der Waals surface area (Å²) in [6.07, 6.45) is -0.131. The van der Waals surface area contributed by atoms with Crippen molar-refractivity contribution < 1.29 is 13.5 Å². The van der Waals surface area contributed by atoms with Gasteiger partial charge in [0.15, 0.2) is 11.6 Å². The highest BCUT2D eigenvalue weighted by Gasteiger charge is 2.10. The van der Waals surface area contributed by atoms with Gasteiger partial charge < -0.3 is 15.8 Å². The number of rotatable bonds is 5. The molecule has 5 heteroatoms. The third-order valence-corrected chi connectivity index (χ3v) is 2.86. The average molecular weight is 292 g/mol. The fourth-order valence-corrected chi connectivity index (χ4v) is 1.87. The first-order valence-corrected chi connectivity index (χ1v) is 6.69. The molecule has 0 aromatic heterocycles. The van der Waals surface area contributed by atoms with E-state index in [9.17, 15) is 8.78 Å². The molecule has 0 aliphatic heterocycles. The Kier molecular flexibility index (Phi) is 4.62. The van der Waals surface area contributed by atoms with Gasteiger partial charge in [-0.2, -0.15) is 0 Å². The van der Waals surface area contributed by atoms with E-state index in [1.165, 1.54) is 24.3 Å². The van der Waals surface area contributed by atoms with Crippen LogP contribution < -0.4 is 15.8 Å². The van der Waals surface area contributed by atoms with Gasteiger partial charge in [0.25, 0.3) is 0 Å². The number of anilines is 2. The summed E-state index contributed by atoms with van der Waals surface area (Å²) in [7, 11) is 0. The molecule has 0 bridgehead atoms. The van der Waals surface area contributed by atoms with Gasteiger partial charge in [0.1, 0.15) is 5.82 Å². The van der Waals surface area contributed by atoms with E-state index in [0.29, 0.717) is 17.9 Å². The molecular weight excluding hydrogens is 274 g/mol. The monoisotopic (exact) mass is 292 g/mol. The zero-order valence-electron chi connectivity index (χ0n) is 12.0. The quantitative estimate of drug-likeness (QED) is 0.820.